The average Bonchev–Trinajstić information content (AvgIpc) is 3.00. The van der Waals surface area contributed by atoms with E-state index < -0.39 is 29.1 Å². The van der Waals surface area contributed by atoms with Crippen LogP contribution in [0.1, 0.15) is 22.5 Å². The fraction of sp³-hybridized carbons (Fsp3) is 0.276. The minimum Gasteiger partial charge on any atom is -0.481 e. The van der Waals surface area contributed by atoms with E-state index in [1.807, 2.05) is 6.07 Å². The van der Waals surface area contributed by atoms with Crippen molar-refractivity contribution < 1.29 is 23.8 Å². The molecule has 5 rings (SSSR count). The summed E-state index contributed by atoms with van der Waals surface area (Å²) in [5, 5.41) is 19.9. The Labute approximate surface area is 255 Å². The Bertz CT molecular complexity index is 1740. The van der Waals surface area contributed by atoms with Crippen LogP contribution in [-0.4, -0.2) is 63.2 Å². The maximum atomic E-state index is 14.8. The molecule has 1 fully saturated rings. The van der Waals surface area contributed by atoms with Crippen molar-refractivity contribution in [1.29, 1.82) is 0 Å². The van der Waals surface area contributed by atoms with Gasteiger partial charge < -0.3 is 25.2 Å². The van der Waals surface area contributed by atoms with Gasteiger partial charge in [-0.05, 0) is 24.6 Å². The fourth-order valence-electron chi connectivity index (χ4n) is 4.71. The molecule has 0 bridgehead atoms. The monoisotopic (exact) mass is 628 g/mol. The van der Waals surface area contributed by atoms with Gasteiger partial charge in [-0.3, -0.25) is 9.59 Å². The second-order valence-corrected chi connectivity index (χ2v) is 10.5. The van der Waals surface area contributed by atoms with Crippen LogP contribution in [-0.2, 0) is 18.3 Å². The molecule has 1 unspecified atom stereocenters. The quantitative estimate of drug-likeness (QED) is 0.265. The number of nitrogens with zero attached hydrogens (tertiary/aromatic N) is 4. The van der Waals surface area contributed by atoms with E-state index in [9.17, 15) is 19.1 Å². The molecule has 14 heteroatoms. The lowest BCUT2D eigenvalue weighted by Crippen LogP contribution is -2.46. The Morgan fingerprint density at radius 1 is 1.19 bits per heavy atom. The van der Waals surface area contributed by atoms with Gasteiger partial charge in [0.05, 0.1) is 41.2 Å². The first-order valence-corrected chi connectivity index (χ1v) is 13.9. The van der Waals surface area contributed by atoms with Crippen molar-refractivity contribution in [3.63, 3.8) is 0 Å². The van der Waals surface area contributed by atoms with Crippen LogP contribution in [0.4, 0.5) is 10.1 Å². The number of aryl methyl sites for hydroxylation is 1. The first-order chi connectivity index (χ1) is 20.7. The number of nitrogens with one attached hydrogen (secondary N) is 2. The number of benzene rings is 2. The molecule has 3 N–H and O–H groups in total. The number of carbonyl (C=O) groups excluding carboxylic acids is 1. The highest BCUT2D eigenvalue weighted by atomic mass is 35.5. The molecular weight excluding hydrogens is 602 g/mol. The molecule has 1 saturated heterocycles. The second kappa shape index (κ2) is 13.1. The third-order valence-corrected chi connectivity index (χ3v) is 7.80. The summed E-state index contributed by atoms with van der Waals surface area (Å²) in [6, 6.07) is 10.9. The molecule has 3 heterocycles. The smallest absolute Gasteiger partial charge is 0.298 e. The number of aromatic nitrogens is 4. The first-order valence-electron chi connectivity index (χ1n) is 13.2. The predicted molar refractivity (Wildman–Crippen MR) is 159 cm³/mol. The molecule has 1 aliphatic heterocycles. The van der Waals surface area contributed by atoms with E-state index in [0.29, 0.717) is 42.3 Å². The van der Waals surface area contributed by atoms with E-state index in [4.69, 9.17) is 32.7 Å². The molecule has 2 aromatic heterocycles. The minimum absolute atomic E-state index is 0.00180. The molecule has 0 aliphatic carbocycles. The summed E-state index contributed by atoms with van der Waals surface area (Å²) in [6.07, 6.45) is 1.14. The summed E-state index contributed by atoms with van der Waals surface area (Å²) in [6.45, 7) is 1.27. The van der Waals surface area contributed by atoms with Crippen molar-refractivity contribution in [3.8, 4) is 28.3 Å². The number of methoxy groups -OCH3 is 1. The molecule has 224 valence electrons. The van der Waals surface area contributed by atoms with Crippen LogP contribution in [0.2, 0.25) is 10.0 Å². The van der Waals surface area contributed by atoms with Gasteiger partial charge in [0.2, 0.25) is 5.88 Å². The molecule has 0 spiro atoms. The van der Waals surface area contributed by atoms with E-state index in [-0.39, 0.29) is 33.9 Å². The fourth-order valence-corrected chi connectivity index (χ4v) is 5.29. The third-order valence-electron chi connectivity index (χ3n) is 6.99. The Balaban J connectivity index is 1.44. The van der Waals surface area contributed by atoms with Gasteiger partial charge in [-0.25, -0.2) is 19.0 Å². The number of ether oxygens (including phenoxy) is 2. The molecule has 0 saturated carbocycles. The van der Waals surface area contributed by atoms with Crippen LogP contribution in [0, 0.1) is 5.82 Å². The molecular formula is C29H27Cl2FN6O5. The zero-order valence-electron chi connectivity index (χ0n) is 23.1. The molecule has 4 aromatic rings. The molecule has 2 aromatic carbocycles. The second-order valence-electron chi connectivity index (χ2n) is 9.76. The number of hydrogen-bond acceptors (Lipinski definition) is 9. The molecule has 1 amide bonds. The first kappa shape index (κ1) is 30.5. The van der Waals surface area contributed by atoms with Gasteiger partial charge in [0, 0.05) is 48.5 Å². The van der Waals surface area contributed by atoms with Gasteiger partial charge in [0.15, 0.2) is 5.69 Å². The van der Waals surface area contributed by atoms with Gasteiger partial charge in [0.1, 0.15) is 12.1 Å². The van der Waals surface area contributed by atoms with Crippen LogP contribution >= 0.6 is 23.2 Å². The number of pyridine rings is 1. The van der Waals surface area contributed by atoms with Crippen molar-refractivity contribution in [2.45, 2.75) is 25.1 Å². The van der Waals surface area contributed by atoms with E-state index in [1.54, 1.807) is 24.3 Å². The zero-order chi connectivity index (χ0) is 30.7. The van der Waals surface area contributed by atoms with Crippen LogP contribution in [0.25, 0.3) is 22.4 Å². The van der Waals surface area contributed by atoms with Gasteiger partial charge in [-0.2, -0.15) is 5.10 Å². The number of aliphatic hydroxyl groups is 1. The summed E-state index contributed by atoms with van der Waals surface area (Å²) in [5.74, 6) is -1.20. The van der Waals surface area contributed by atoms with Crippen LogP contribution in [0.3, 0.4) is 0 Å². The topological polar surface area (TPSA) is 140 Å². The number of halogens is 3. The summed E-state index contributed by atoms with van der Waals surface area (Å²) in [4.78, 5) is 33.4. The number of carbonyl (C=O) groups is 1. The highest BCUT2D eigenvalue weighted by Gasteiger charge is 2.24. The summed E-state index contributed by atoms with van der Waals surface area (Å²) in [5.41, 5.74) is 1.18. The highest BCUT2D eigenvalue weighted by molar-refractivity contribution is 6.39. The van der Waals surface area contributed by atoms with Gasteiger partial charge >= 0.3 is 0 Å². The maximum Gasteiger partial charge on any atom is 0.298 e. The van der Waals surface area contributed by atoms with Crippen molar-refractivity contribution in [3.05, 3.63) is 86.3 Å². The predicted octanol–water partition coefficient (Wildman–Crippen LogP) is 3.85. The van der Waals surface area contributed by atoms with Crippen LogP contribution in [0.15, 0.2) is 53.6 Å². The van der Waals surface area contributed by atoms with E-state index >= 15 is 0 Å². The SMILES string of the molecule is COc1nc(-c2cccc(-c3cc(F)cc(NC(=O)c4ncnn(C)c4=O)c3Cl)c2Cl)ccc1CNC1CCOC[C@@H]1O. The van der Waals surface area contributed by atoms with Crippen molar-refractivity contribution in [1.82, 2.24) is 25.1 Å². The van der Waals surface area contributed by atoms with Gasteiger partial charge in [0.25, 0.3) is 11.5 Å². The third kappa shape index (κ3) is 6.53. The van der Waals surface area contributed by atoms with Crippen LogP contribution < -0.4 is 20.9 Å². The van der Waals surface area contributed by atoms with E-state index in [1.165, 1.54) is 20.2 Å². The average molecular weight is 629 g/mol. The zero-order valence-corrected chi connectivity index (χ0v) is 24.6. The summed E-state index contributed by atoms with van der Waals surface area (Å²) in [7, 11) is 2.88. The summed E-state index contributed by atoms with van der Waals surface area (Å²) < 4.78 is 26.6. The molecule has 11 nitrogen and oxygen atoms in total. The Morgan fingerprint density at radius 2 is 1.98 bits per heavy atom. The number of aliphatic hydroxyl groups excluding tert-OH is 1. The molecule has 0 radical (unpaired) electrons. The molecule has 43 heavy (non-hydrogen) atoms. The Morgan fingerprint density at radius 3 is 2.74 bits per heavy atom. The molecule has 2 atom stereocenters. The van der Waals surface area contributed by atoms with E-state index in [0.717, 1.165) is 22.6 Å². The Kier molecular flexibility index (Phi) is 9.33. The van der Waals surface area contributed by atoms with Crippen molar-refractivity contribution >= 4 is 34.8 Å². The van der Waals surface area contributed by atoms with Crippen molar-refractivity contribution in [2.24, 2.45) is 7.05 Å². The lowest BCUT2D eigenvalue weighted by atomic mass is 10.00. The largest absolute Gasteiger partial charge is 0.481 e. The van der Waals surface area contributed by atoms with Crippen LogP contribution in [0.5, 0.6) is 5.88 Å². The maximum absolute atomic E-state index is 14.8. The van der Waals surface area contributed by atoms with Crippen molar-refractivity contribution in [2.75, 3.05) is 25.6 Å². The molecule has 1 aliphatic rings. The number of hydrogen-bond donors (Lipinski definition) is 3. The number of amides is 1. The minimum atomic E-state index is -0.876. The normalized spacial score (nSPS) is 16.6. The Hall–Kier alpha value is -3.94. The number of anilines is 1. The van der Waals surface area contributed by atoms with E-state index in [2.05, 4.69) is 25.7 Å². The highest BCUT2D eigenvalue weighted by Crippen LogP contribution is 2.42. The lowest BCUT2D eigenvalue weighted by molar-refractivity contribution is -0.0281. The summed E-state index contributed by atoms with van der Waals surface area (Å²) >= 11 is 13.5. The van der Waals surface area contributed by atoms with Gasteiger partial charge in [-0.15, -0.1) is 0 Å². The number of rotatable bonds is 8. The lowest BCUT2D eigenvalue weighted by Gasteiger charge is -2.28. The van der Waals surface area contributed by atoms with Gasteiger partial charge in [-0.1, -0.05) is 47.5 Å². The standard InChI is InChI=1S/C29H27Cl2FN6O5/c1-38-29(41)26(34-14-35-38)27(40)36-22-11-16(32)10-19(25(22)31)17-4-3-5-18(24(17)30)20-7-6-15(28(37-20)42-2)12-33-21-8-9-43-13-23(21)39/h3-7,10-11,14,21,23,33,39H,8-9,12-13H2,1-2H3,(H,36,40)/t21?,23-/m0/s1.